The van der Waals surface area contributed by atoms with Crippen molar-refractivity contribution in [1.29, 1.82) is 0 Å². The molecule has 0 spiro atoms. The summed E-state index contributed by atoms with van der Waals surface area (Å²) in [5.74, 6) is 0. The van der Waals surface area contributed by atoms with Gasteiger partial charge < -0.3 is 11.5 Å². The van der Waals surface area contributed by atoms with Gasteiger partial charge in [0.05, 0.1) is 0 Å². The van der Waals surface area contributed by atoms with Crippen LogP contribution in [0.25, 0.3) is 0 Å². The van der Waals surface area contributed by atoms with Crippen molar-refractivity contribution in [2.45, 2.75) is 6.42 Å². The van der Waals surface area contributed by atoms with Crippen LogP contribution in [-0.4, -0.2) is 64.5 Å². The monoisotopic (exact) mass is 114 g/mol. The second kappa shape index (κ2) is 9.75. The number of hydrogen-bond donors (Lipinski definition) is 2. The van der Waals surface area contributed by atoms with Crippen LogP contribution < -0.4 is 11.5 Å². The molecule has 0 aromatic carbocycles. The van der Waals surface area contributed by atoms with Crippen molar-refractivity contribution in [3.8, 4) is 0 Å². The summed E-state index contributed by atoms with van der Waals surface area (Å²) in [6.07, 6.45) is 0.944. The van der Waals surface area contributed by atoms with Crippen LogP contribution in [0.2, 0.25) is 0 Å². The molecule has 4 N–H and O–H groups in total. The van der Waals surface area contributed by atoms with Crippen molar-refractivity contribution >= 4 is 51.4 Å². The van der Waals surface area contributed by atoms with Gasteiger partial charge in [0, 0.05) is 0 Å². The zero-order valence-electron chi connectivity index (χ0n) is 3.28. The molecule has 0 heterocycles. The van der Waals surface area contributed by atoms with Crippen LogP contribution in [0, 0.1) is 0 Å². The Balaban J connectivity index is 0. The average Bonchev–Trinajstić information content (AvgIpc) is 1.41. The zero-order chi connectivity index (χ0) is 4.12. The fourth-order valence-electron chi connectivity index (χ4n) is 0.118. The molecule has 0 saturated carbocycles. The molecule has 0 aromatic rings. The van der Waals surface area contributed by atoms with Gasteiger partial charge in [-0.25, -0.2) is 0 Å². The SMILES string of the molecule is NCCCN.[KH]. The van der Waals surface area contributed by atoms with E-state index in [2.05, 4.69) is 0 Å². The molecule has 6 heavy (non-hydrogen) atoms. The van der Waals surface area contributed by atoms with Crippen LogP contribution in [0.3, 0.4) is 0 Å². The van der Waals surface area contributed by atoms with Gasteiger partial charge >= 0.3 is 51.4 Å². The molecule has 0 rings (SSSR count). The summed E-state index contributed by atoms with van der Waals surface area (Å²) >= 11 is 0. The molecule has 0 amide bonds. The maximum absolute atomic E-state index is 5.06. The molecule has 0 radical (unpaired) electrons. The quantitative estimate of drug-likeness (QED) is 0.436. The van der Waals surface area contributed by atoms with Crippen LogP contribution in [0.4, 0.5) is 0 Å². The van der Waals surface area contributed by atoms with Crippen molar-refractivity contribution in [2.24, 2.45) is 11.5 Å². The van der Waals surface area contributed by atoms with E-state index < -0.39 is 0 Å². The Morgan fingerprint density at radius 3 is 1.33 bits per heavy atom. The Hall–Kier alpha value is 1.56. The summed E-state index contributed by atoms with van der Waals surface area (Å²) in [5.41, 5.74) is 10.1. The summed E-state index contributed by atoms with van der Waals surface area (Å²) in [7, 11) is 0. The van der Waals surface area contributed by atoms with Gasteiger partial charge in [-0.3, -0.25) is 0 Å². The van der Waals surface area contributed by atoms with Crippen molar-refractivity contribution in [3.63, 3.8) is 0 Å². The fraction of sp³-hybridized carbons (Fsp3) is 1.00. The molecule has 0 aliphatic heterocycles. The van der Waals surface area contributed by atoms with Crippen LogP contribution in [0.15, 0.2) is 0 Å². The van der Waals surface area contributed by atoms with E-state index in [1.165, 1.54) is 0 Å². The van der Waals surface area contributed by atoms with E-state index in [1.54, 1.807) is 0 Å². The van der Waals surface area contributed by atoms with Gasteiger partial charge in [0.1, 0.15) is 0 Å². The molecule has 0 aromatic heterocycles. The van der Waals surface area contributed by atoms with Crippen LogP contribution >= 0.6 is 0 Å². The summed E-state index contributed by atoms with van der Waals surface area (Å²) in [6.45, 7) is 1.44. The summed E-state index contributed by atoms with van der Waals surface area (Å²) < 4.78 is 0. The van der Waals surface area contributed by atoms with E-state index in [0.717, 1.165) is 19.5 Å². The van der Waals surface area contributed by atoms with E-state index in [4.69, 9.17) is 11.5 Å². The average molecular weight is 114 g/mol. The minimum atomic E-state index is 0. The first-order valence-corrected chi connectivity index (χ1v) is 1.82. The zero-order valence-corrected chi connectivity index (χ0v) is 3.28. The van der Waals surface area contributed by atoms with Gasteiger partial charge in [0.15, 0.2) is 0 Å². The van der Waals surface area contributed by atoms with Gasteiger partial charge in [0.2, 0.25) is 0 Å². The fourth-order valence-corrected chi connectivity index (χ4v) is 0.118. The molecule has 0 aliphatic rings. The predicted octanol–water partition coefficient (Wildman–Crippen LogP) is -1.35. The Morgan fingerprint density at radius 1 is 1.00 bits per heavy atom. The topological polar surface area (TPSA) is 52.0 Å². The summed E-state index contributed by atoms with van der Waals surface area (Å²) in [4.78, 5) is 0. The molecule has 0 bridgehead atoms. The third-order valence-corrected chi connectivity index (χ3v) is 0.408. The third-order valence-electron chi connectivity index (χ3n) is 0.408. The van der Waals surface area contributed by atoms with Crippen molar-refractivity contribution in [1.82, 2.24) is 0 Å². The normalized spacial score (nSPS) is 7.00. The Kier molecular flexibility index (Phi) is 17.1. The summed E-state index contributed by atoms with van der Waals surface area (Å²) in [6, 6.07) is 0. The van der Waals surface area contributed by atoms with E-state index in [-0.39, 0.29) is 51.4 Å². The standard InChI is InChI=1S/C3H10N2.K.H/c4-2-1-3-5;;/h1-5H2;;. The second-order valence-electron chi connectivity index (χ2n) is 0.931. The Morgan fingerprint density at radius 2 is 1.33 bits per heavy atom. The van der Waals surface area contributed by atoms with Gasteiger partial charge in [-0.2, -0.15) is 0 Å². The first-order chi connectivity index (χ1) is 2.41. The molecule has 0 saturated heterocycles. The van der Waals surface area contributed by atoms with E-state index >= 15 is 0 Å². The van der Waals surface area contributed by atoms with Crippen LogP contribution in [-0.2, 0) is 0 Å². The molecule has 0 aliphatic carbocycles. The van der Waals surface area contributed by atoms with Crippen molar-refractivity contribution < 1.29 is 0 Å². The second-order valence-corrected chi connectivity index (χ2v) is 0.931. The summed E-state index contributed by atoms with van der Waals surface area (Å²) in [5, 5.41) is 0. The molecule has 0 fully saturated rings. The van der Waals surface area contributed by atoms with Crippen molar-refractivity contribution in [2.75, 3.05) is 13.1 Å². The van der Waals surface area contributed by atoms with E-state index in [0.29, 0.717) is 0 Å². The molecule has 3 heteroatoms. The minimum absolute atomic E-state index is 0. The maximum atomic E-state index is 5.06. The van der Waals surface area contributed by atoms with Gasteiger partial charge in [-0.15, -0.1) is 0 Å². The first-order valence-electron chi connectivity index (χ1n) is 1.82. The van der Waals surface area contributed by atoms with E-state index in [9.17, 15) is 0 Å². The van der Waals surface area contributed by atoms with Crippen LogP contribution in [0.5, 0.6) is 0 Å². The molecule has 2 nitrogen and oxygen atoms in total. The van der Waals surface area contributed by atoms with Gasteiger partial charge in [-0.05, 0) is 19.5 Å². The number of rotatable bonds is 2. The number of nitrogens with two attached hydrogens (primary N) is 2. The predicted molar refractivity (Wildman–Crippen MR) is 29.9 cm³/mol. The molecule has 0 atom stereocenters. The molecule has 34 valence electrons. The van der Waals surface area contributed by atoms with E-state index in [1.807, 2.05) is 0 Å². The molecular weight excluding hydrogens is 103 g/mol. The van der Waals surface area contributed by atoms with Gasteiger partial charge in [0.25, 0.3) is 0 Å². The van der Waals surface area contributed by atoms with Crippen LogP contribution in [0.1, 0.15) is 6.42 Å². The third kappa shape index (κ3) is 9.12. The molecule has 0 unspecified atom stereocenters. The first kappa shape index (κ1) is 10.5. The molecular formula is C3H11KN2. The van der Waals surface area contributed by atoms with Crippen molar-refractivity contribution in [3.05, 3.63) is 0 Å². The Labute approximate surface area is 81.1 Å². The Bertz CT molecular complexity index is 16.3. The number of hydrogen-bond acceptors (Lipinski definition) is 2. The van der Waals surface area contributed by atoms with Gasteiger partial charge in [-0.1, -0.05) is 0 Å².